The number of methoxy groups -OCH3 is 1. The van der Waals surface area contributed by atoms with Gasteiger partial charge in [0.2, 0.25) is 0 Å². The average Bonchev–Trinajstić information content (AvgIpc) is 2.57. The molecule has 0 radical (unpaired) electrons. The Morgan fingerprint density at radius 2 is 2.00 bits per heavy atom. The number of para-hydroxylation sites is 1. The molecule has 4 rings (SSSR count). The molecular formula is C20H22N2O2S. The molecule has 0 unspecified atom stereocenters. The lowest BCUT2D eigenvalue weighted by Gasteiger charge is -2.52. The smallest absolute Gasteiger partial charge is 0.188 e. The van der Waals surface area contributed by atoms with Crippen LogP contribution in [0.2, 0.25) is 0 Å². The van der Waals surface area contributed by atoms with Crippen molar-refractivity contribution in [3.05, 3.63) is 53.1 Å². The van der Waals surface area contributed by atoms with Crippen LogP contribution in [0.3, 0.4) is 0 Å². The van der Waals surface area contributed by atoms with Crippen LogP contribution in [-0.4, -0.2) is 17.9 Å². The second-order valence-electron chi connectivity index (χ2n) is 6.92. The molecule has 0 amide bonds. The summed E-state index contributed by atoms with van der Waals surface area (Å²) in [4.78, 5) is 2.11. The molecule has 0 aliphatic carbocycles. The van der Waals surface area contributed by atoms with Crippen LogP contribution in [0.5, 0.6) is 11.5 Å². The summed E-state index contributed by atoms with van der Waals surface area (Å²) in [7, 11) is 1.67. The van der Waals surface area contributed by atoms with E-state index in [-0.39, 0.29) is 6.04 Å². The fourth-order valence-electron chi connectivity index (χ4n) is 3.86. The van der Waals surface area contributed by atoms with Gasteiger partial charge in [0.05, 0.1) is 18.8 Å². The van der Waals surface area contributed by atoms with Gasteiger partial charge in [-0.1, -0.05) is 24.3 Å². The Balaban J connectivity index is 1.86. The summed E-state index contributed by atoms with van der Waals surface area (Å²) >= 11 is 5.73. The third-order valence-electron chi connectivity index (χ3n) is 5.30. The predicted molar refractivity (Wildman–Crippen MR) is 104 cm³/mol. The number of anilines is 1. The number of ether oxygens (including phenoxy) is 2. The Labute approximate surface area is 153 Å². The van der Waals surface area contributed by atoms with Crippen molar-refractivity contribution in [2.75, 3.05) is 12.0 Å². The molecule has 1 N–H and O–H groups in total. The van der Waals surface area contributed by atoms with Crippen LogP contribution in [0.1, 0.15) is 36.1 Å². The van der Waals surface area contributed by atoms with E-state index in [0.29, 0.717) is 5.11 Å². The molecule has 130 valence electrons. The summed E-state index contributed by atoms with van der Waals surface area (Å²) in [6.45, 7) is 6.34. The molecule has 2 bridgehead atoms. The Hall–Kier alpha value is -2.27. The largest absolute Gasteiger partial charge is 0.493 e. The number of thiocarbonyl (C=S) groups is 1. The van der Waals surface area contributed by atoms with Crippen LogP contribution in [0, 0.1) is 13.8 Å². The summed E-state index contributed by atoms with van der Waals surface area (Å²) in [5, 5.41) is 4.19. The lowest BCUT2D eigenvalue weighted by Crippen LogP contribution is -2.65. The first kappa shape index (κ1) is 16.2. The number of hydrogen-bond acceptors (Lipinski definition) is 3. The topological polar surface area (TPSA) is 33.7 Å². The molecule has 0 spiro atoms. The number of benzene rings is 2. The summed E-state index contributed by atoms with van der Waals surface area (Å²) in [5.74, 6) is 1.55. The van der Waals surface area contributed by atoms with Gasteiger partial charge >= 0.3 is 0 Å². The van der Waals surface area contributed by atoms with Crippen molar-refractivity contribution in [1.29, 1.82) is 0 Å². The van der Waals surface area contributed by atoms with Crippen LogP contribution in [-0.2, 0) is 0 Å². The van der Waals surface area contributed by atoms with Gasteiger partial charge in [0.1, 0.15) is 0 Å². The second-order valence-corrected chi connectivity index (χ2v) is 7.30. The zero-order valence-corrected chi connectivity index (χ0v) is 15.7. The van der Waals surface area contributed by atoms with Crippen molar-refractivity contribution in [2.45, 2.75) is 39.0 Å². The van der Waals surface area contributed by atoms with Crippen LogP contribution < -0.4 is 19.7 Å². The number of nitrogens with zero attached hydrogens (tertiary/aromatic N) is 1. The van der Waals surface area contributed by atoms with Crippen molar-refractivity contribution >= 4 is 23.0 Å². The normalized spacial score (nSPS) is 24.2. The van der Waals surface area contributed by atoms with E-state index in [1.165, 1.54) is 11.1 Å². The molecule has 2 aliphatic rings. The summed E-state index contributed by atoms with van der Waals surface area (Å²) in [5.41, 5.74) is 4.06. The quantitative estimate of drug-likeness (QED) is 0.816. The van der Waals surface area contributed by atoms with E-state index < -0.39 is 5.72 Å². The van der Waals surface area contributed by atoms with Gasteiger partial charge in [-0.15, -0.1) is 0 Å². The van der Waals surface area contributed by atoms with Crippen molar-refractivity contribution in [2.24, 2.45) is 0 Å². The maximum atomic E-state index is 6.52. The molecule has 1 fully saturated rings. The van der Waals surface area contributed by atoms with Gasteiger partial charge in [-0.05, 0) is 56.2 Å². The highest BCUT2D eigenvalue weighted by molar-refractivity contribution is 7.80. The van der Waals surface area contributed by atoms with Crippen LogP contribution in [0.25, 0.3) is 0 Å². The molecule has 0 saturated carbocycles. The maximum Gasteiger partial charge on any atom is 0.188 e. The van der Waals surface area contributed by atoms with Gasteiger partial charge in [0.15, 0.2) is 22.3 Å². The number of aryl methyl sites for hydroxylation is 1. The molecule has 4 nitrogen and oxygen atoms in total. The first-order chi connectivity index (χ1) is 11.9. The van der Waals surface area contributed by atoms with Crippen molar-refractivity contribution in [1.82, 2.24) is 5.32 Å². The zero-order valence-electron chi connectivity index (χ0n) is 14.9. The lowest BCUT2D eigenvalue weighted by atomic mass is 9.89. The summed E-state index contributed by atoms with van der Waals surface area (Å²) in [6.07, 6.45) is 0.806. The van der Waals surface area contributed by atoms with Gasteiger partial charge in [-0.25, -0.2) is 0 Å². The average molecular weight is 354 g/mol. The standard InChI is InChI=1S/C20H22N2O2S/c1-12-7-5-9-16(13(12)2)22-19(25)21-15-11-20(22,3)24-18-14(15)8-6-10-17(18)23-4/h5-10,15H,11H2,1-4H3,(H,21,25)/t15-,20+/m1/s1. The Bertz CT molecular complexity index is 867. The van der Waals surface area contributed by atoms with E-state index in [2.05, 4.69) is 55.3 Å². The van der Waals surface area contributed by atoms with Gasteiger partial charge in [0, 0.05) is 12.0 Å². The summed E-state index contributed by atoms with van der Waals surface area (Å²) in [6, 6.07) is 12.4. The van der Waals surface area contributed by atoms with Gasteiger partial charge in [-0.3, -0.25) is 4.90 Å². The Morgan fingerprint density at radius 1 is 1.24 bits per heavy atom. The number of nitrogens with one attached hydrogen (secondary N) is 1. The van der Waals surface area contributed by atoms with Gasteiger partial charge in [0.25, 0.3) is 0 Å². The molecule has 2 aliphatic heterocycles. The van der Waals surface area contributed by atoms with E-state index in [4.69, 9.17) is 21.7 Å². The first-order valence-electron chi connectivity index (χ1n) is 8.47. The van der Waals surface area contributed by atoms with Crippen LogP contribution >= 0.6 is 12.2 Å². The third-order valence-corrected chi connectivity index (χ3v) is 5.60. The number of hydrogen-bond donors (Lipinski definition) is 1. The molecule has 2 aromatic rings. The minimum Gasteiger partial charge on any atom is -0.493 e. The van der Waals surface area contributed by atoms with E-state index in [0.717, 1.165) is 29.2 Å². The minimum atomic E-state index is -0.562. The minimum absolute atomic E-state index is 0.123. The van der Waals surface area contributed by atoms with Gasteiger partial charge < -0.3 is 14.8 Å². The summed E-state index contributed by atoms with van der Waals surface area (Å²) < 4.78 is 12.0. The van der Waals surface area contributed by atoms with Crippen LogP contribution in [0.15, 0.2) is 36.4 Å². The SMILES string of the molecule is COc1cccc2c1O[C@@]1(C)C[C@H]2NC(=S)N1c1cccc(C)c1C. The van der Waals surface area contributed by atoms with E-state index >= 15 is 0 Å². The third kappa shape index (κ3) is 2.37. The number of fused-ring (bicyclic) bond motifs is 4. The highest BCUT2D eigenvalue weighted by Crippen LogP contribution is 2.49. The van der Waals surface area contributed by atoms with E-state index in [9.17, 15) is 0 Å². The molecule has 5 heteroatoms. The molecule has 2 heterocycles. The Morgan fingerprint density at radius 3 is 2.76 bits per heavy atom. The molecular weight excluding hydrogens is 332 g/mol. The number of rotatable bonds is 2. The van der Waals surface area contributed by atoms with E-state index in [1.807, 2.05) is 12.1 Å². The van der Waals surface area contributed by atoms with Crippen LogP contribution in [0.4, 0.5) is 5.69 Å². The highest BCUT2D eigenvalue weighted by Gasteiger charge is 2.49. The predicted octanol–water partition coefficient (Wildman–Crippen LogP) is 4.25. The lowest BCUT2D eigenvalue weighted by molar-refractivity contribution is 0.0463. The van der Waals surface area contributed by atoms with Crippen molar-refractivity contribution < 1.29 is 9.47 Å². The molecule has 2 aromatic carbocycles. The molecule has 2 atom stereocenters. The molecule has 0 aromatic heterocycles. The van der Waals surface area contributed by atoms with E-state index in [1.54, 1.807) is 7.11 Å². The second kappa shape index (κ2) is 5.63. The maximum absolute atomic E-state index is 6.52. The van der Waals surface area contributed by atoms with Crippen molar-refractivity contribution in [3.8, 4) is 11.5 Å². The monoisotopic (exact) mass is 354 g/mol. The first-order valence-corrected chi connectivity index (χ1v) is 8.88. The molecule has 1 saturated heterocycles. The fraction of sp³-hybridized carbons (Fsp3) is 0.350. The van der Waals surface area contributed by atoms with Crippen molar-refractivity contribution in [3.63, 3.8) is 0 Å². The fourth-order valence-corrected chi connectivity index (χ4v) is 4.30. The van der Waals surface area contributed by atoms with Gasteiger partial charge in [-0.2, -0.15) is 0 Å². The molecule has 25 heavy (non-hydrogen) atoms. The Kier molecular flexibility index (Phi) is 3.65. The highest BCUT2D eigenvalue weighted by atomic mass is 32.1. The zero-order chi connectivity index (χ0) is 17.8.